The van der Waals surface area contributed by atoms with Crippen LogP contribution in [0.1, 0.15) is 41.1 Å². The molecule has 2 aliphatic heterocycles. The molecule has 39 heavy (non-hydrogen) atoms. The van der Waals surface area contributed by atoms with Crippen LogP contribution in [0.4, 0.5) is 24.5 Å². The second kappa shape index (κ2) is 11.8. The molecule has 0 aliphatic carbocycles. The van der Waals surface area contributed by atoms with E-state index >= 15 is 0 Å². The number of ether oxygens (including phenoxy) is 1. The van der Waals surface area contributed by atoms with Gasteiger partial charge in [0.1, 0.15) is 5.75 Å². The molecule has 4 rings (SSSR count). The number of carbonyl (C=O) groups excluding carboxylic acids is 3. The number of amides is 3. The third-order valence-corrected chi connectivity index (χ3v) is 7.36. The minimum Gasteiger partial charge on any atom is -0.496 e. The van der Waals surface area contributed by atoms with E-state index in [2.05, 4.69) is 4.90 Å². The summed E-state index contributed by atoms with van der Waals surface area (Å²) >= 11 is 6.34. The number of piperazine rings is 1. The van der Waals surface area contributed by atoms with Gasteiger partial charge in [-0.05, 0) is 61.7 Å². The van der Waals surface area contributed by atoms with E-state index in [0.717, 1.165) is 18.7 Å². The lowest BCUT2D eigenvalue weighted by molar-refractivity contribution is -0.167. The van der Waals surface area contributed by atoms with Crippen LogP contribution in [-0.4, -0.2) is 80.6 Å². The highest BCUT2D eigenvalue weighted by Gasteiger charge is 2.39. The Morgan fingerprint density at radius 1 is 1.05 bits per heavy atom. The predicted octanol–water partition coefficient (Wildman–Crippen LogP) is 4.54. The number of fused-ring (bicyclic) bond motifs is 1. The largest absolute Gasteiger partial charge is 0.496 e. The number of nitrogens with one attached hydrogen (secondary N) is 1. The first kappa shape index (κ1) is 28.7. The number of anilines is 2. The lowest BCUT2D eigenvalue weighted by atomic mass is 9.90. The number of hydrogen-bond acceptors (Lipinski definition) is 5. The Kier molecular flexibility index (Phi) is 8.70. The van der Waals surface area contributed by atoms with E-state index in [1.54, 1.807) is 28.4 Å². The van der Waals surface area contributed by atoms with Crippen molar-refractivity contribution in [1.29, 1.82) is 0 Å². The average molecular weight is 567 g/mol. The summed E-state index contributed by atoms with van der Waals surface area (Å²) in [5.74, 6) is -2.60. The van der Waals surface area contributed by atoms with Crippen molar-refractivity contribution in [3.8, 4) is 5.75 Å². The van der Waals surface area contributed by atoms with Crippen molar-refractivity contribution in [2.45, 2.75) is 31.4 Å². The highest BCUT2D eigenvalue weighted by atomic mass is 35.5. The zero-order valence-corrected chi connectivity index (χ0v) is 22.4. The molecule has 3 amide bonds. The molecule has 1 unspecified atom stereocenters. The van der Waals surface area contributed by atoms with Crippen LogP contribution in [0.5, 0.6) is 5.75 Å². The van der Waals surface area contributed by atoms with Gasteiger partial charge in [-0.1, -0.05) is 11.6 Å². The lowest BCUT2D eigenvalue weighted by Gasteiger charge is -2.33. The first-order valence-corrected chi connectivity index (χ1v) is 13.0. The van der Waals surface area contributed by atoms with Crippen LogP contribution in [-0.2, 0) is 9.59 Å². The molecule has 0 aromatic heterocycles. The summed E-state index contributed by atoms with van der Waals surface area (Å²) in [6.45, 7) is 3.36. The van der Waals surface area contributed by atoms with Crippen molar-refractivity contribution in [3.05, 3.63) is 52.5 Å². The maximum absolute atomic E-state index is 13.7. The fraction of sp³-hybridized carbons (Fsp3) is 0.444. The van der Waals surface area contributed by atoms with Crippen molar-refractivity contribution in [3.63, 3.8) is 0 Å². The summed E-state index contributed by atoms with van der Waals surface area (Å²) in [5.41, 5.74) is 1.38. The molecule has 2 aliphatic rings. The summed E-state index contributed by atoms with van der Waals surface area (Å²) < 4.78 is 43.3. The van der Waals surface area contributed by atoms with Crippen LogP contribution in [0.2, 0.25) is 5.02 Å². The van der Waals surface area contributed by atoms with Gasteiger partial charge in [0, 0.05) is 61.6 Å². The van der Waals surface area contributed by atoms with Gasteiger partial charge in [0.2, 0.25) is 5.91 Å². The maximum atomic E-state index is 13.7. The number of nitrogens with zero attached hydrogens (tertiary/aromatic N) is 3. The molecule has 2 heterocycles. The quantitative estimate of drug-likeness (QED) is 0.575. The molecular formula is C27H30ClF3N4O4. The molecule has 0 saturated carbocycles. The Bertz CT molecular complexity index is 1250. The molecule has 8 nitrogen and oxygen atoms in total. The molecule has 12 heteroatoms. The summed E-state index contributed by atoms with van der Waals surface area (Å²) in [6.07, 6.45) is -3.45. The third kappa shape index (κ3) is 6.65. The summed E-state index contributed by atoms with van der Waals surface area (Å²) in [6, 6.07) is 8.93. The van der Waals surface area contributed by atoms with Gasteiger partial charge in [-0.15, -0.1) is 0 Å². The van der Waals surface area contributed by atoms with Crippen molar-refractivity contribution < 1.29 is 32.3 Å². The second-order valence-electron chi connectivity index (χ2n) is 9.75. The topological polar surface area (TPSA) is 82.2 Å². The van der Waals surface area contributed by atoms with E-state index in [0.29, 0.717) is 49.6 Å². The maximum Gasteiger partial charge on any atom is 0.471 e. The smallest absolute Gasteiger partial charge is 0.471 e. The second-order valence-corrected chi connectivity index (χ2v) is 10.2. The van der Waals surface area contributed by atoms with Gasteiger partial charge in [-0.2, -0.15) is 13.2 Å². The number of halogens is 4. The highest BCUT2D eigenvalue weighted by Crippen LogP contribution is 2.40. The number of carbonyl (C=O) groups is 3. The molecule has 1 fully saturated rings. The first-order chi connectivity index (χ1) is 18.5. The molecule has 0 radical (unpaired) electrons. The van der Waals surface area contributed by atoms with Crippen LogP contribution in [0, 0.1) is 0 Å². The number of benzene rings is 2. The molecule has 1 saturated heterocycles. The number of alkyl halides is 3. The molecule has 2 aromatic rings. The fourth-order valence-electron chi connectivity index (χ4n) is 4.98. The highest BCUT2D eigenvalue weighted by molar-refractivity contribution is 6.30. The van der Waals surface area contributed by atoms with Crippen molar-refractivity contribution >= 4 is 40.7 Å². The number of hydrogen-bond donors (Lipinski definition) is 1. The molecule has 1 atom stereocenters. The van der Waals surface area contributed by atoms with Gasteiger partial charge in [-0.3, -0.25) is 14.4 Å². The Balaban J connectivity index is 1.59. The standard InChI is InChI=1S/C27H30ClF3N4O4/c1-33-10-12-34(13-11-33)24(36)14-17-4-3-9-35(22-8-5-18(28)15-21(17)22)25(37)20-7-6-19(16-23(20)39-2)32-26(38)27(29,30)31/h5-8,15-17H,3-4,9-14H2,1-2H3,(H,32,38). The minimum absolute atomic E-state index is 0.0153. The first-order valence-electron chi connectivity index (χ1n) is 12.6. The molecule has 2 aromatic carbocycles. The van der Waals surface area contributed by atoms with Crippen LogP contribution < -0.4 is 15.0 Å². The predicted molar refractivity (Wildman–Crippen MR) is 141 cm³/mol. The Morgan fingerprint density at radius 3 is 2.44 bits per heavy atom. The van der Waals surface area contributed by atoms with E-state index in [-0.39, 0.29) is 28.8 Å². The van der Waals surface area contributed by atoms with E-state index in [1.165, 1.54) is 25.3 Å². The number of likely N-dealkylation sites (N-methyl/N-ethyl adjacent to an activating group) is 1. The van der Waals surface area contributed by atoms with Gasteiger partial charge < -0.3 is 24.8 Å². The van der Waals surface area contributed by atoms with Crippen molar-refractivity contribution in [2.24, 2.45) is 0 Å². The van der Waals surface area contributed by atoms with Gasteiger partial charge in [-0.25, -0.2) is 0 Å². The van der Waals surface area contributed by atoms with Gasteiger partial charge in [0.15, 0.2) is 0 Å². The molecule has 0 bridgehead atoms. The summed E-state index contributed by atoms with van der Waals surface area (Å²) in [4.78, 5) is 43.9. The van der Waals surface area contributed by atoms with E-state index in [4.69, 9.17) is 16.3 Å². The fourth-order valence-corrected chi connectivity index (χ4v) is 5.16. The van der Waals surface area contributed by atoms with E-state index in [1.807, 2.05) is 11.9 Å². The van der Waals surface area contributed by atoms with E-state index in [9.17, 15) is 27.6 Å². The zero-order chi connectivity index (χ0) is 28.3. The molecular weight excluding hydrogens is 537 g/mol. The normalized spacial score (nSPS) is 18.3. The average Bonchev–Trinajstić information content (AvgIpc) is 3.07. The summed E-state index contributed by atoms with van der Waals surface area (Å²) in [5, 5.41) is 2.25. The SMILES string of the molecule is COc1cc(NC(=O)C(F)(F)F)ccc1C(=O)N1CCCC(CC(=O)N2CCN(C)CC2)c2cc(Cl)ccc21. The van der Waals surface area contributed by atoms with Crippen molar-refractivity contribution in [2.75, 3.05) is 57.1 Å². The van der Waals surface area contributed by atoms with Crippen LogP contribution in [0.3, 0.4) is 0 Å². The van der Waals surface area contributed by atoms with Gasteiger partial charge >= 0.3 is 12.1 Å². The monoisotopic (exact) mass is 566 g/mol. The van der Waals surface area contributed by atoms with Crippen LogP contribution in [0.25, 0.3) is 0 Å². The number of methoxy groups -OCH3 is 1. The summed E-state index contributed by atoms with van der Waals surface area (Å²) in [7, 11) is 3.32. The van der Waals surface area contributed by atoms with Crippen LogP contribution >= 0.6 is 11.6 Å². The Morgan fingerprint density at radius 2 is 1.77 bits per heavy atom. The molecule has 210 valence electrons. The number of rotatable bonds is 5. The zero-order valence-electron chi connectivity index (χ0n) is 21.7. The molecule has 1 N–H and O–H groups in total. The van der Waals surface area contributed by atoms with Crippen LogP contribution in [0.15, 0.2) is 36.4 Å². The molecule has 0 spiro atoms. The minimum atomic E-state index is -5.05. The Labute approximate surface area is 229 Å². The van der Waals surface area contributed by atoms with E-state index < -0.39 is 18.0 Å². The van der Waals surface area contributed by atoms with Gasteiger partial charge in [0.05, 0.1) is 12.7 Å². The Hall–Kier alpha value is -3.31. The van der Waals surface area contributed by atoms with Crippen molar-refractivity contribution in [1.82, 2.24) is 9.80 Å². The van der Waals surface area contributed by atoms with Gasteiger partial charge in [0.25, 0.3) is 5.91 Å². The third-order valence-electron chi connectivity index (χ3n) is 7.12. The lowest BCUT2D eigenvalue weighted by Crippen LogP contribution is -2.47.